The summed E-state index contributed by atoms with van der Waals surface area (Å²) < 4.78 is 12.9. The van der Waals surface area contributed by atoms with Gasteiger partial charge in [-0.3, -0.25) is 4.79 Å². The van der Waals surface area contributed by atoms with E-state index in [-0.39, 0.29) is 11.7 Å². The summed E-state index contributed by atoms with van der Waals surface area (Å²) in [5.41, 5.74) is 0.892. The van der Waals surface area contributed by atoms with E-state index >= 15 is 0 Å². The van der Waals surface area contributed by atoms with Crippen LogP contribution in [0.2, 0.25) is 0 Å². The normalized spacial score (nSPS) is 8.64. The molecule has 1 amide bonds. The summed E-state index contributed by atoms with van der Waals surface area (Å²) >= 11 is 0. The minimum absolute atomic E-state index is 0.270. The van der Waals surface area contributed by atoms with Gasteiger partial charge in [0, 0.05) is 12.6 Å². The van der Waals surface area contributed by atoms with Crippen LogP contribution < -0.4 is 5.32 Å². The first-order chi connectivity index (χ1) is 6.65. The van der Waals surface area contributed by atoms with Gasteiger partial charge in [0.05, 0.1) is 0 Å². The molecule has 0 saturated heterocycles. The van der Waals surface area contributed by atoms with Crippen LogP contribution in [0.15, 0.2) is 18.2 Å². The van der Waals surface area contributed by atoms with E-state index in [1.807, 2.05) is 13.8 Å². The maximum Gasteiger partial charge on any atom is 0.251 e. The maximum atomic E-state index is 12.9. The first-order valence-electron chi connectivity index (χ1n) is 4.63. The Kier molecular flexibility index (Phi) is 5.53. The van der Waals surface area contributed by atoms with Crippen LogP contribution in [0, 0.1) is 12.7 Å². The SMILES string of the molecule is CC.CNC(=O)c1ccc(C)c(F)c1. The van der Waals surface area contributed by atoms with Crippen molar-refractivity contribution in [2.24, 2.45) is 0 Å². The van der Waals surface area contributed by atoms with Crippen molar-refractivity contribution in [2.75, 3.05) is 7.05 Å². The number of halogens is 1. The van der Waals surface area contributed by atoms with Crippen LogP contribution in [0.4, 0.5) is 4.39 Å². The molecule has 0 aliphatic heterocycles. The number of benzene rings is 1. The van der Waals surface area contributed by atoms with Gasteiger partial charge in [-0.1, -0.05) is 19.9 Å². The van der Waals surface area contributed by atoms with Crippen molar-refractivity contribution in [2.45, 2.75) is 20.8 Å². The van der Waals surface area contributed by atoms with E-state index in [1.165, 1.54) is 13.1 Å². The van der Waals surface area contributed by atoms with Crippen molar-refractivity contribution in [3.05, 3.63) is 35.1 Å². The molecule has 0 saturated carbocycles. The molecule has 0 aliphatic carbocycles. The van der Waals surface area contributed by atoms with Crippen molar-refractivity contribution >= 4 is 5.91 Å². The van der Waals surface area contributed by atoms with E-state index in [9.17, 15) is 9.18 Å². The molecule has 0 spiro atoms. The average molecular weight is 197 g/mol. The molecule has 0 aliphatic rings. The molecular weight excluding hydrogens is 181 g/mol. The average Bonchev–Trinajstić information content (AvgIpc) is 2.24. The monoisotopic (exact) mass is 197 g/mol. The number of hydrogen-bond acceptors (Lipinski definition) is 1. The lowest BCUT2D eigenvalue weighted by atomic mass is 10.1. The smallest absolute Gasteiger partial charge is 0.251 e. The van der Waals surface area contributed by atoms with E-state index < -0.39 is 0 Å². The highest BCUT2D eigenvalue weighted by Gasteiger charge is 2.04. The van der Waals surface area contributed by atoms with Gasteiger partial charge in [0.1, 0.15) is 5.82 Å². The molecule has 0 atom stereocenters. The second kappa shape index (κ2) is 6.13. The Labute approximate surface area is 84.1 Å². The molecule has 0 unspecified atom stereocenters. The molecule has 3 heteroatoms. The molecule has 78 valence electrons. The molecule has 1 aromatic rings. The summed E-state index contributed by atoms with van der Waals surface area (Å²) in [5.74, 6) is -0.620. The van der Waals surface area contributed by atoms with Crippen LogP contribution in [0.3, 0.4) is 0 Å². The second-order valence-electron chi connectivity index (χ2n) is 2.54. The third-order valence-electron chi connectivity index (χ3n) is 1.66. The largest absolute Gasteiger partial charge is 0.355 e. The number of nitrogens with one attached hydrogen (secondary N) is 1. The van der Waals surface area contributed by atoms with Gasteiger partial charge in [-0.25, -0.2) is 4.39 Å². The highest BCUT2D eigenvalue weighted by atomic mass is 19.1. The number of carbonyl (C=O) groups is 1. The summed E-state index contributed by atoms with van der Waals surface area (Å²) in [4.78, 5) is 11.0. The third-order valence-corrected chi connectivity index (χ3v) is 1.66. The van der Waals surface area contributed by atoms with E-state index in [4.69, 9.17) is 0 Å². The summed E-state index contributed by atoms with van der Waals surface area (Å²) in [5, 5.41) is 2.42. The number of hydrogen-bond donors (Lipinski definition) is 1. The molecule has 0 bridgehead atoms. The predicted molar refractivity (Wildman–Crippen MR) is 55.9 cm³/mol. The fourth-order valence-electron chi connectivity index (χ4n) is 0.878. The van der Waals surface area contributed by atoms with E-state index in [0.717, 1.165) is 0 Å². The highest BCUT2D eigenvalue weighted by molar-refractivity contribution is 5.93. The van der Waals surface area contributed by atoms with Gasteiger partial charge in [-0.15, -0.1) is 0 Å². The molecule has 0 fully saturated rings. The van der Waals surface area contributed by atoms with Crippen LogP contribution in [-0.2, 0) is 0 Å². The van der Waals surface area contributed by atoms with Crippen molar-refractivity contribution in [1.82, 2.24) is 5.32 Å². The molecule has 2 nitrogen and oxygen atoms in total. The Morgan fingerprint density at radius 2 is 1.93 bits per heavy atom. The molecule has 14 heavy (non-hydrogen) atoms. The van der Waals surface area contributed by atoms with E-state index in [0.29, 0.717) is 11.1 Å². The minimum atomic E-state index is -0.351. The van der Waals surface area contributed by atoms with Gasteiger partial charge in [-0.05, 0) is 24.6 Å². The lowest BCUT2D eigenvalue weighted by Crippen LogP contribution is -2.17. The summed E-state index contributed by atoms with van der Waals surface area (Å²) in [7, 11) is 1.51. The van der Waals surface area contributed by atoms with Crippen molar-refractivity contribution in [3.8, 4) is 0 Å². The standard InChI is InChI=1S/C9H10FNO.C2H6/c1-6-3-4-7(5-8(6)10)9(12)11-2;1-2/h3-5H,1-2H3,(H,11,12);1-2H3. The van der Waals surface area contributed by atoms with Crippen LogP contribution in [0.5, 0.6) is 0 Å². The predicted octanol–water partition coefficient (Wildman–Crippen LogP) is 2.52. The number of carbonyl (C=O) groups excluding carboxylic acids is 1. The lowest BCUT2D eigenvalue weighted by Gasteiger charge is -2.00. The first-order valence-corrected chi connectivity index (χ1v) is 4.63. The Balaban J connectivity index is 0.000000791. The lowest BCUT2D eigenvalue weighted by molar-refractivity contribution is 0.0962. The van der Waals surface area contributed by atoms with Crippen LogP contribution in [0.1, 0.15) is 29.8 Å². The van der Waals surface area contributed by atoms with Gasteiger partial charge >= 0.3 is 0 Å². The van der Waals surface area contributed by atoms with Gasteiger partial charge in [0.15, 0.2) is 0 Å². The zero-order valence-corrected chi connectivity index (χ0v) is 9.02. The van der Waals surface area contributed by atoms with Crippen molar-refractivity contribution in [1.29, 1.82) is 0 Å². The number of rotatable bonds is 1. The Morgan fingerprint density at radius 3 is 2.36 bits per heavy atom. The molecule has 0 heterocycles. The Morgan fingerprint density at radius 1 is 1.36 bits per heavy atom. The van der Waals surface area contributed by atoms with Gasteiger partial charge in [0.25, 0.3) is 5.91 Å². The van der Waals surface area contributed by atoms with Crippen LogP contribution >= 0.6 is 0 Å². The molecule has 1 N–H and O–H groups in total. The highest BCUT2D eigenvalue weighted by Crippen LogP contribution is 2.08. The Bertz CT molecular complexity index is 310. The maximum absolute atomic E-state index is 12.9. The second-order valence-corrected chi connectivity index (χ2v) is 2.54. The zero-order valence-electron chi connectivity index (χ0n) is 9.02. The van der Waals surface area contributed by atoms with E-state index in [1.54, 1.807) is 19.1 Å². The fraction of sp³-hybridized carbons (Fsp3) is 0.364. The summed E-state index contributed by atoms with van der Waals surface area (Å²) in [6, 6.07) is 4.41. The van der Waals surface area contributed by atoms with Crippen LogP contribution in [-0.4, -0.2) is 13.0 Å². The van der Waals surface area contributed by atoms with Gasteiger partial charge in [-0.2, -0.15) is 0 Å². The Hall–Kier alpha value is -1.38. The van der Waals surface area contributed by atoms with Crippen molar-refractivity contribution < 1.29 is 9.18 Å². The first kappa shape index (κ1) is 12.6. The van der Waals surface area contributed by atoms with Gasteiger partial charge < -0.3 is 5.32 Å². The fourth-order valence-corrected chi connectivity index (χ4v) is 0.878. The zero-order chi connectivity index (χ0) is 11.1. The molecule has 0 aromatic heterocycles. The summed E-state index contributed by atoms with van der Waals surface area (Å²) in [6.45, 7) is 5.66. The minimum Gasteiger partial charge on any atom is -0.355 e. The van der Waals surface area contributed by atoms with Crippen LogP contribution in [0.25, 0.3) is 0 Å². The molecule has 1 rings (SSSR count). The molecule has 1 aromatic carbocycles. The molecule has 0 radical (unpaired) electrons. The quantitative estimate of drug-likeness (QED) is 0.736. The van der Waals surface area contributed by atoms with Crippen molar-refractivity contribution in [3.63, 3.8) is 0 Å². The number of aryl methyl sites for hydroxylation is 1. The van der Waals surface area contributed by atoms with E-state index in [2.05, 4.69) is 5.32 Å². The summed E-state index contributed by atoms with van der Waals surface area (Å²) in [6.07, 6.45) is 0. The topological polar surface area (TPSA) is 29.1 Å². The third kappa shape index (κ3) is 3.17. The van der Waals surface area contributed by atoms with Gasteiger partial charge in [0.2, 0.25) is 0 Å². The molecular formula is C11H16FNO. The number of amides is 1.